The number of aromatic nitrogens is 3. The Morgan fingerprint density at radius 1 is 1.23 bits per heavy atom. The van der Waals surface area contributed by atoms with Gasteiger partial charge in [0, 0.05) is 31.0 Å². The fraction of sp³-hybridized carbons (Fsp3) is 0.391. The van der Waals surface area contributed by atoms with Crippen molar-refractivity contribution >= 4 is 5.91 Å². The fourth-order valence-corrected chi connectivity index (χ4v) is 4.44. The summed E-state index contributed by atoms with van der Waals surface area (Å²) in [4.78, 5) is 23.8. The van der Waals surface area contributed by atoms with E-state index in [1.54, 1.807) is 36.7 Å². The number of hydrogen-bond acceptors (Lipinski definition) is 5. The third-order valence-electron chi connectivity index (χ3n) is 6.14. The van der Waals surface area contributed by atoms with Gasteiger partial charge in [0.15, 0.2) is 5.82 Å². The molecule has 2 aliphatic rings. The van der Waals surface area contributed by atoms with Crippen molar-refractivity contribution in [1.82, 2.24) is 20.0 Å². The number of likely N-dealkylation sites (tertiary alicyclic amines) is 1. The highest BCUT2D eigenvalue weighted by Crippen LogP contribution is 2.46. The number of nitrogens with zero attached hydrogens (tertiary/aromatic N) is 4. The van der Waals surface area contributed by atoms with E-state index in [1.165, 1.54) is 25.0 Å². The first-order valence-corrected chi connectivity index (χ1v) is 10.4. The second-order valence-electron chi connectivity index (χ2n) is 8.43. The van der Waals surface area contributed by atoms with Crippen molar-refractivity contribution in [2.75, 3.05) is 13.1 Å². The maximum absolute atomic E-state index is 13.3. The van der Waals surface area contributed by atoms with E-state index in [0.29, 0.717) is 41.8 Å². The van der Waals surface area contributed by atoms with E-state index >= 15 is 0 Å². The number of piperidine rings is 1. The summed E-state index contributed by atoms with van der Waals surface area (Å²) < 4.78 is 18.8. The zero-order chi connectivity index (χ0) is 20.6. The van der Waals surface area contributed by atoms with Gasteiger partial charge < -0.3 is 9.42 Å². The number of rotatable bonds is 5. The molecule has 0 spiro atoms. The zero-order valence-electron chi connectivity index (χ0n) is 16.6. The number of benzene rings is 1. The molecule has 0 radical (unpaired) electrons. The molecule has 1 amide bonds. The molecule has 154 valence electrons. The van der Waals surface area contributed by atoms with E-state index in [4.69, 9.17) is 9.51 Å². The summed E-state index contributed by atoms with van der Waals surface area (Å²) >= 11 is 0. The van der Waals surface area contributed by atoms with Crippen LogP contribution in [-0.4, -0.2) is 39.0 Å². The summed E-state index contributed by atoms with van der Waals surface area (Å²) in [5.74, 6) is 1.37. The Bertz CT molecular complexity index is 1030. The van der Waals surface area contributed by atoms with Crippen molar-refractivity contribution < 1.29 is 13.7 Å². The molecule has 2 fully saturated rings. The van der Waals surface area contributed by atoms with Gasteiger partial charge in [-0.05, 0) is 61.6 Å². The first-order chi connectivity index (χ1) is 14.6. The maximum atomic E-state index is 13.3. The second-order valence-corrected chi connectivity index (χ2v) is 8.43. The summed E-state index contributed by atoms with van der Waals surface area (Å²) in [5, 5.41) is 4.33. The lowest BCUT2D eigenvalue weighted by atomic mass is 9.74. The molecule has 1 unspecified atom stereocenters. The Kier molecular flexibility index (Phi) is 4.81. The van der Waals surface area contributed by atoms with E-state index in [9.17, 15) is 9.18 Å². The van der Waals surface area contributed by atoms with Crippen molar-refractivity contribution in [3.63, 3.8) is 0 Å². The molecule has 1 atom stereocenters. The zero-order valence-corrected chi connectivity index (χ0v) is 16.6. The standard InChI is InChI=1S/C23H23FN4O2/c24-19-8-6-17(7-9-19)20-26-22(27-30-20)23(13-16-4-5-16)10-2-12-28(15-23)21(29)18-3-1-11-25-14-18/h1,3,6-9,11,14,16H,2,4-5,10,12-13,15H2. The van der Waals surface area contributed by atoms with Gasteiger partial charge in [-0.25, -0.2) is 4.39 Å². The third-order valence-corrected chi connectivity index (χ3v) is 6.14. The van der Waals surface area contributed by atoms with Crippen LogP contribution in [0.15, 0.2) is 53.3 Å². The van der Waals surface area contributed by atoms with E-state index < -0.39 is 0 Å². The summed E-state index contributed by atoms with van der Waals surface area (Å²) in [6.07, 6.45) is 8.46. The van der Waals surface area contributed by atoms with Gasteiger partial charge in [-0.15, -0.1) is 0 Å². The third kappa shape index (κ3) is 3.72. The van der Waals surface area contributed by atoms with Gasteiger partial charge in [0.05, 0.1) is 11.0 Å². The normalized spacial score (nSPS) is 21.6. The maximum Gasteiger partial charge on any atom is 0.257 e. The molecule has 0 bridgehead atoms. The van der Waals surface area contributed by atoms with Crippen LogP contribution in [0, 0.1) is 11.7 Å². The molecule has 0 N–H and O–H groups in total. The monoisotopic (exact) mass is 406 g/mol. The minimum atomic E-state index is -0.320. The Morgan fingerprint density at radius 3 is 2.80 bits per heavy atom. The summed E-state index contributed by atoms with van der Waals surface area (Å²) in [6, 6.07) is 9.62. The van der Waals surface area contributed by atoms with Crippen LogP contribution in [0.1, 0.15) is 48.3 Å². The molecule has 3 heterocycles. The van der Waals surface area contributed by atoms with Crippen LogP contribution < -0.4 is 0 Å². The van der Waals surface area contributed by atoms with E-state index in [0.717, 1.165) is 19.3 Å². The van der Waals surface area contributed by atoms with Crippen LogP contribution in [0.2, 0.25) is 0 Å². The molecule has 1 saturated carbocycles. The number of carbonyl (C=O) groups excluding carboxylic acids is 1. The van der Waals surface area contributed by atoms with Crippen molar-refractivity contribution in [2.24, 2.45) is 5.92 Å². The largest absolute Gasteiger partial charge is 0.338 e. The number of pyridine rings is 1. The molecule has 3 aromatic rings. The highest BCUT2D eigenvalue weighted by atomic mass is 19.1. The molecule has 7 heteroatoms. The van der Waals surface area contributed by atoms with Crippen molar-refractivity contribution in [3.05, 3.63) is 66.0 Å². The predicted molar refractivity (Wildman–Crippen MR) is 108 cm³/mol. The second kappa shape index (κ2) is 7.63. The molecule has 5 rings (SSSR count). The molecular formula is C23H23FN4O2. The quantitative estimate of drug-likeness (QED) is 0.634. The van der Waals surface area contributed by atoms with Gasteiger partial charge in [-0.3, -0.25) is 9.78 Å². The fourth-order valence-electron chi connectivity index (χ4n) is 4.44. The van der Waals surface area contributed by atoms with Crippen LogP contribution in [0.3, 0.4) is 0 Å². The molecule has 1 aliphatic heterocycles. The Morgan fingerprint density at radius 2 is 2.07 bits per heavy atom. The molecule has 6 nitrogen and oxygen atoms in total. The minimum absolute atomic E-state index is 0.00905. The average Bonchev–Trinajstić information content (AvgIpc) is 3.45. The van der Waals surface area contributed by atoms with Gasteiger partial charge in [0.1, 0.15) is 5.82 Å². The lowest BCUT2D eigenvalue weighted by Gasteiger charge is -2.41. The first-order valence-electron chi connectivity index (χ1n) is 10.4. The highest BCUT2D eigenvalue weighted by Gasteiger charge is 2.46. The van der Waals surface area contributed by atoms with Crippen LogP contribution in [-0.2, 0) is 5.41 Å². The molecular weight excluding hydrogens is 383 g/mol. The van der Waals surface area contributed by atoms with Gasteiger partial charge in [0.2, 0.25) is 0 Å². The Hall–Kier alpha value is -3.09. The molecule has 2 aromatic heterocycles. The molecule has 1 aliphatic carbocycles. The van der Waals surface area contributed by atoms with Crippen LogP contribution >= 0.6 is 0 Å². The average molecular weight is 406 g/mol. The van der Waals surface area contributed by atoms with Crippen LogP contribution in [0.4, 0.5) is 4.39 Å². The van der Waals surface area contributed by atoms with Crippen LogP contribution in [0.25, 0.3) is 11.5 Å². The van der Waals surface area contributed by atoms with E-state index in [2.05, 4.69) is 10.1 Å². The topological polar surface area (TPSA) is 72.1 Å². The Balaban J connectivity index is 1.44. The van der Waals surface area contributed by atoms with E-state index in [1.807, 2.05) is 4.90 Å². The minimum Gasteiger partial charge on any atom is -0.338 e. The number of halogens is 1. The van der Waals surface area contributed by atoms with Crippen molar-refractivity contribution in [2.45, 2.75) is 37.5 Å². The van der Waals surface area contributed by atoms with Gasteiger partial charge in [-0.2, -0.15) is 4.98 Å². The number of carbonyl (C=O) groups is 1. The van der Waals surface area contributed by atoms with Gasteiger partial charge in [0.25, 0.3) is 11.8 Å². The first kappa shape index (κ1) is 18.9. The SMILES string of the molecule is O=C(c1cccnc1)N1CCCC(CC2CC2)(c2noc(-c3ccc(F)cc3)n2)C1. The van der Waals surface area contributed by atoms with Gasteiger partial charge in [-0.1, -0.05) is 18.0 Å². The Labute approximate surface area is 174 Å². The number of hydrogen-bond donors (Lipinski definition) is 0. The summed E-state index contributed by atoms with van der Waals surface area (Å²) in [6.45, 7) is 1.28. The predicted octanol–water partition coefficient (Wildman–Crippen LogP) is 4.24. The number of amides is 1. The smallest absolute Gasteiger partial charge is 0.257 e. The lowest BCUT2D eigenvalue weighted by Crippen LogP contribution is -2.49. The highest BCUT2D eigenvalue weighted by molar-refractivity contribution is 5.94. The van der Waals surface area contributed by atoms with Gasteiger partial charge >= 0.3 is 0 Å². The van der Waals surface area contributed by atoms with E-state index in [-0.39, 0.29) is 17.1 Å². The summed E-state index contributed by atoms with van der Waals surface area (Å²) in [7, 11) is 0. The van der Waals surface area contributed by atoms with Crippen molar-refractivity contribution in [3.8, 4) is 11.5 Å². The van der Waals surface area contributed by atoms with Crippen molar-refractivity contribution in [1.29, 1.82) is 0 Å². The summed E-state index contributed by atoms with van der Waals surface area (Å²) in [5.41, 5.74) is 0.967. The molecule has 1 saturated heterocycles. The molecule has 1 aromatic carbocycles. The lowest BCUT2D eigenvalue weighted by molar-refractivity contribution is 0.0606. The molecule has 30 heavy (non-hydrogen) atoms. The van der Waals surface area contributed by atoms with Crippen LogP contribution in [0.5, 0.6) is 0 Å².